The Morgan fingerprint density at radius 2 is 1.60 bits per heavy atom. The summed E-state index contributed by atoms with van der Waals surface area (Å²) in [6.07, 6.45) is 3.06. The normalized spacial score (nSPS) is 15.7. The van der Waals surface area contributed by atoms with Crippen LogP contribution in [0.3, 0.4) is 0 Å². The number of aryl methyl sites for hydroxylation is 2. The number of benzene rings is 2. The Morgan fingerprint density at radius 3 is 2.17 bits per heavy atom. The molecule has 0 saturated carbocycles. The number of nitrogens with zero attached hydrogens (tertiary/aromatic N) is 2. The molecule has 2 aromatic carbocycles. The van der Waals surface area contributed by atoms with E-state index in [4.69, 9.17) is 0 Å². The molecular formula is C24H32N2O3S. The summed E-state index contributed by atoms with van der Waals surface area (Å²) in [6.45, 7) is 7.03. The Morgan fingerprint density at radius 1 is 1.00 bits per heavy atom. The molecule has 0 spiro atoms. The number of hydrogen-bond donors (Lipinski definition) is 0. The molecule has 1 unspecified atom stereocenters. The van der Waals surface area contributed by atoms with Gasteiger partial charge in [-0.2, -0.15) is 4.31 Å². The number of rotatable bonds is 8. The van der Waals surface area contributed by atoms with Crippen LogP contribution in [0.25, 0.3) is 0 Å². The van der Waals surface area contributed by atoms with Crippen molar-refractivity contribution in [3.05, 3.63) is 65.7 Å². The van der Waals surface area contributed by atoms with Gasteiger partial charge in [-0.15, -0.1) is 0 Å². The molecule has 5 nitrogen and oxygen atoms in total. The lowest BCUT2D eigenvalue weighted by Crippen LogP contribution is -2.53. The van der Waals surface area contributed by atoms with E-state index in [2.05, 4.69) is 0 Å². The lowest BCUT2D eigenvalue weighted by molar-refractivity contribution is -0.134. The molecule has 6 heteroatoms. The third-order valence-corrected chi connectivity index (χ3v) is 7.76. The molecule has 162 valence electrons. The highest BCUT2D eigenvalue weighted by molar-refractivity contribution is 7.89. The number of hydrogen-bond acceptors (Lipinski definition) is 3. The van der Waals surface area contributed by atoms with E-state index in [1.165, 1.54) is 4.31 Å². The Kier molecular flexibility index (Phi) is 7.32. The van der Waals surface area contributed by atoms with Crippen LogP contribution in [0.2, 0.25) is 0 Å². The predicted octanol–water partition coefficient (Wildman–Crippen LogP) is 4.02. The van der Waals surface area contributed by atoms with E-state index in [1.54, 1.807) is 24.3 Å². The predicted molar refractivity (Wildman–Crippen MR) is 120 cm³/mol. The number of carbonyl (C=O) groups is 1. The SMILES string of the molecule is Cc1ccc(S(=O)(=O)N(C(C)C)C(CCc2ccccc2)C(=O)N2CCCC2)cc1. The number of amides is 1. The minimum Gasteiger partial charge on any atom is -0.341 e. The zero-order chi connectivity index (χ0) is 21.7. The molecule has 0 N–H and O–H groups in total. The largest absolute Gasteiger partial charge is 0.341 e. The molecule has 1 heterocycles. The molecule has 1 amide bonds. The molecule has 30 heavy (non-hydrogen) atoms. The molecule has 1 fully saturated rings. The molecule has 1 atom stereocenters. The van der Waals surface area contributed by atoms with Gasteiger partial charge in [-0.05, 0) is 64.2 Å². The molecule has 2 aromatic rings. The summed E-state index contributed by atoms with van der Waals surface area (Å²) in [5, 5.41) is 0. The fraction of sp³-hybridized carbons (Fsp3) is 0.458. The van der Waals surface area contributed by atoms with Crippen molar-refractivity contribution in [3.8, 4) is 0 Å². The van der Waals surface area contributed by atoms with Crippen molar-refractivity contribution in [2.45, 2.75) is 63.4 Å². The van der Waals surface area contributed by atoms with Gasteiger partial charge >= 0.3 is 0 Å². The van der Waals surface area contributed by atoms with E-state index in [0.717, 1.165) is 24.0 Å². The van der Waals surface area contributed by atoms with E-state index >= 15 is 0 Å². The third-order valence-electron chi connectivity index (χ3n) is 5.66. The molecule has 0 radical (unpaired) electrons. The van der Waals surface area contributed by atoms with Crippen LogP contribution in [0.4, 0.5) is 0 Å². The van der Waals surface area contributed by atoms with E-state index in [1.807, 2.05) is 56.0 Å². The Bertz CT molecular complexity index is 934. The maximum Gasteiger partial charge on any atom is 0.244 e. The summed E-state index contributed by atoms with van der Waals surface area (Å²) in [5.74, 6) is -0.0761. The van der Waals surface area contributed by atoms with Crippen LogP contribution in [0, 0.1) is 6.92 Å². The first-order valence-electron chi connectivity index (χ1n) is 10.7. The van der Waals surface area contributed by atoms with E-state index in [-0.39, 0.29) is 16.8 Å². The highest BCUT2D eigenvalue weighted by Crippen LogP contribution is 2.26. The Balaban J connectivity index is 1.96. The highest BCUT2D eigenvalue weighted by Gasteiger charge is 2.39. The summed E-state index contributed by atoms with van der Waals surface area (Å²) in [7, 11) is -3.81. The molecule has 0 bridgehead atoms. The van der Waals surface area contributed by atoms with Crippen molar-refractivity contribution in [1.29, 1.82) is 0 Å². The number of likely N-dealkylation sites (tertiary alicyclic amines) is 1. The molecule has 1 aliphatic heterocycles. The van der Waals surface area contributed by atoms with Crippen LogP contribution >= 0.6 is 0 Å². The first-order chi connectivity index (χ1) is 14.3. The highest BCUT2D eigenvalue weighted by atomic mass is 32.2. The second kappa shape index (κ2) is 9.75. The molecule has 0 aromatic heterocycles. The van der Waals surface area contributed by atoms with Crippen molar-refractivity contribution in [1.82, 2.24) is 9.21 Å². The Labute approximate surface area is 180 Å². The third kappa shape index (κ3) is 5.10. The van der Waals surface area contributed by atoms with Gasteiger partial charge in [0.25, 0.3) is 0 Å². The summed E-state index contributed by atoms with van der Waals surface area (Å²) in [4.78, 5) is 15.5. The van der Waals surface area contributed by atoms with Crippen LogP contribution in [-0.2, 0) is 21.2 Å². The first-order valence-corrected chi connectivity index (χ1v) is 12.2. The van der Waals surface area contributed by atoms with E-state index in [9.17, 15) is 13.2 Å². The van der Waals surface area contributed by atoms with Gasteiger partial charge in [0.05, 0.1) is 4.90 Å². The standard InChI is InChI=1S/C24H32N2O3S/c1-19(2)26(30(28,29)22-14-11-20(3)12-15-22)23(24(27)25-17-7-8-18-25)16-13-21-9-5-4-6-10-21/h4-6,9-12,14-15,19,23H,7-8,13,16-18H2,1-3H3. The average Bonchev–Trinajstić information content (AvgIpc) is 3.26. The van der Waals surface area contributed by atoms with Crippen molar-refractivity contribution in [3.63, 3.8) is 0 Å². The Hall–Kier alpha value is -2.18. The summed E-state index contributed by atoms with van der Waals surface area (Å²) >= 11 is 0. The van der Waals surface area contributed by atoms with Gasteiger partial charge in [-0.1, -0.05) is 48.0 Å². The maximum absolute atomic E-state index is 13.6. The molecule has 1 saturated heterocycles. The van der Waals surface area contributed by atoms with Crippen LogP contribution in [-0.4, -0.2) is 48.7 Å². The van der Waals surface area contributed by atoms with Gasteiger partial charge in [-0.25, -0.2) is 8.42 Å². The van der Waals surface area contributed by atoms with Crippen LogP contribution in [0.15, 0.2) is 59.5 Å². The average molecular weight is 429 g/mol. The van der Waals surface area contributed by atoms with Crippen LogP contribution in [0.1, 0.15) is 44.2 Å². The topological polar surface area (TPSA) is 57.7 Å². The lowest BCUT2D eigenvalue weighted by atomic mass is 10.0. The van der Waals surface area contributed by atoms with E-state index in [0.29, 0.717) is 25.9 Å². The van der Waals surface area contributed by atoms with Crippen molar-refractivity contribution in [2.75, 3.05) is 13.1 Å². The van der Waals surface area contributed by atoms with Crippen molar-refractivity contribution < 1.29 is 13.2 Å². The first kappa shape index (κ1) is 22.5. The van der Waals surface area contributed by atoms with Crippen molar-refractivity contribution >= 4 is 15.9 Å². The van der Waals surface area contributed by atoms with Crippen LogP contribution < -0.4 is 0 Å². The minimum atomic E-state index is -3.81. The summed E-state index contributed by atoms with van der Waals surface area (Å²) < 4.78 is 28.7. The van der Waals surface area contributed by atoms with Gasteiger partial charge < -0.3 is 4.90 Å². The molecule has 1 aliphatic rings. The quantitative estimate of drug-likeness (QED) is 0.638. The minimum absolute atomic E-state index is 0.0761. The molecule has 3 rings (SSSR count). The fourth-order valence-electron chi connectivity index (χ4n) is 4.09. The smallest absolute Gasteiger partial charge is 0.244 e. The summed E-state index contributed by atoms with van der Waals surface area (Å²) in [6, 6.07) is 15.8. The van der Waals surface area contributed by atoms with E-state index < -0.39 is 16.1 Å². The lowest BCUT2D eigenvalue weighted by Gasteiger charge is -2.35. The van der Waals surface area contributed by atoms with Gasteiger partial charge in [0.15, 0.2) is 0 Å². The second-order valence-corrected chi connectivity index (χ2v) is 10.2. The van der Waals surface area contributed by atoms with Gasteiger partial charge in [0.2, 0.25) is 15.9 Å². The monoisotopic (exact) mass is 428 g/mol. The fourth-order valence-corrected chi connectivity index (χ4v) is 5.90. The molecule has 0 aliphatic carbocycles. The maximum atomic E-state index is 13.6. The zero-order valence-electron chi connectivity index (χ0n) is 18.1. The zero-order valence-corrected chi connectivity index (χ0v) is 18.9. The second-order valence-electron chi connectivity index (χ2n) is 8.31. The number of sulfonamides is 1. The summed E-state index contributed by atoms with van der Waals surface area (Å²) in [5.41, 5.74) is 2.10. The van der Waals surface area contributed by atoms with Gasteiger partial charge in [0.1, 0.15) is 6.04 Å². The van der Waals surface area contributed by atoms with Gasteiger partial charge in [0, 0.05) is 19.1 Å². The van der Waals surface area contributed by atoms with Crippen molar-refractivity contribution in [2.24, 2.45) is 0 Å². The van der Waals surface area contributed by atoms with Crippen LogP contribution in [0.5, 0.6) is 0 Å². The van der Waals surface area contributed by atoms with Gasteiger partial charge in [-0.3, -0.25) is 4.79 Å². The molecular weight excluding hydrogens is 396 g/mol. The number of carbonyl (C=O) groups excluding carboxylic acids is 1.